The Morgan fingerprint density at radius 2 is 2.15 bits per heavy atom. The Hall–Kier alpha value is -1.59. The third kappa shape index (κ3) is 3.11. The maximum atomic E-state index is 12.1. The molecule has 1 saturated heterocycles. The third-order valence-electron chi connectivity index (χ3n) is 3.92. The summed E-state index contributed by atoms with van der Waals surface area (Å²) in [6, 6.07) is 7.97. The molecule has 1 aromatic carbocycles. The quantitative estimate of drug-likeness (QED) is 0.839. The van der Waals surface area contributed by atoms with Crippen LogP contribution in [-0.2, 0) is 16.0 Å². The van der Waals surface area contributed by atoms with Crippen molar-refractivity contribution in [3.63, 3.8) is 0 Å². The number of carbonyl (C=O) groups is 1. The molecule has 5 heteroatoms. The number of rotatable bonds is 4. The van der Waals surface area contributed by atoms with Gasteiger partial charge in [0.15, 0.2) is 0 Å². The van der Waals surface area contributed by atoms with E-state index in [2.05, 4.69) is 21.6 Å². The van der Waals surface area contributed by atoms with E-state index in [4.69, 9.17) is 4.74 Å². The Balaban J connectivity index is 1.42. The van der Waals surface area contributed by atoms with Gasteiger partial charge in [-0.15, -0.1) is 0 Å². The van der Waals surface area contributed by atoms with Crippen LogP contribution in [0.3, 0.4) is 0 Å². The van der Waals surface area contributed by atoms with Crippen LogP contribution in [0.4, 0.5) is 5.69 Å². The molecule has 0 saturated carbocycles. The van der Waals surface area contributed by atoms with E-state index < -0.39 is 0 Å². The topological polar surface area (TPSA) is 53.6 Å². The first-order valence-electron chi connectivity index (χ1n) is 7.25. The van der Waals surface area contributed by atoms with E-state index in [0.717, 1.165) is 45.0 Å². The molecule has 5 nitrogen and oxygen atoms in total. The van der Waals surface area contributed by atoms with Gasteiger partial charge in [0.2, 0.25) is 5.91 Å². The summed E-state index contributed by atoms with van der Waals surface area (Å²) < 4.78 is 5.31. The van der Waals surface area contributed by atoms with Crippen molar-refractivity contribution < 1.29 is 9.53 Å². The number of benzene rings is 1. The highest BCUT2D eigenvalue weighted by atomic mass is 16.5. The van der Waals surface area contributed by atoms with E-state index in [9.17, 15) is 4.79 Å². The van der Waals surface area contributed by atoms with Gasteiger partial charge in [-0.25, -0.2) is 0 Å². The molecule has 2 heterocycles. The van der Waals surface area contributed by atoms with Gasteiger partial charge in [-0.3, -0.25) is 9.69 Å². The van der Waals surface area contributed by atoms with Crippen LogP contribution in [0, 0.1) is 0 Å². The van der Waals surface area contributed by atoms with Gasteiger partial charge in [0.1, 0.15) is 6.04 Å². The molecule has 1 atom stereocenters. The molecule has 0 spiro atoms. The fraction of sp³-hybridized carbons (Fsp3) is 0.533. The normalized spacial score (nSPS) is 22.1. The summed E-state index contributed by atoms with van der Waals surface area (Å²) in [5, 5.41) is 6.30. The lowest BCUT2D eigenvalue weighted by Crippen LogP contribution is -2.44. The van der Waals surface area contributed by atoms with E-state index in [1.54, 1.807) is 0 Å². The van der Waals surface area contributed by atoms with E-state index in [0.29, 0.717) is 6.54 Å². The van der Waals surface area contributed by atoms with Gasteiger partial charge < -0.3 is 15.4 Å². The van der Waals surface area contributed by atoms with Gasteiger partial charge in [0, 0.05) is 38.3 Å². The lowest BCUT2D eigenvalue weighted by atomic mass is 10.1. The second kappa shape index (κ2) is 6.24. The van der Waals surface area contributed by atoms with Crippen LogP contribution in [0.2, 0.25) is 0 Å². The summed E-state index contributed by atoms with van der Waals surface area (Å²) in [6.07, 6.45) is 0.777. The van der Waals surface area contributed by atoms with Crippen LogP contribution >= 0.6 is 0 Å². The summed E-state index contributed by atoms with van der Waals surface area (Å²) >= 11 is 0. The summed E-state index contributed by atoms with van der Waals surface area (Å²) in [5.41, 5.74) is 2.31. The highest BCUT2D eigenvalue weighted by Crippen LogP contribution is 2.24. The summed E-state index contributed by atoms with van der Waals surface area (Å²) in [4.78, 5) is 14.5. The molecule has 0 bridgehead atoms. The first-order valence-corrected chi connectivity index (χ1v) is 7.25. The van der Waals surface area contributed by atoms with Crippen molar-refractivity contribution in [2.45, 2.75) is 12.5 Å². The van der Waals surface area contributed by atoms with Crippen molar-refractivity contribution in [1.29, 1.82) is 0 Å². The molecule has 2 N–H and O–H groups in total. The SMILES string of the molecule is O=C(NCCN1CCOCC1)C1Cc2ccccc2N1. The smallest absolute Gasteiger partial charge is 0.242 e. The Morgan fingerprint density at radius 1 is 1.35 bits per heavy atom. The zero-order valence-electron chi connectivity index (χ0n) is 11.6. The molecule has 2 aliphatic rings. The monoisotopic (exact) mass is 275 g/mol. The minimum atomic E-state index is -0.128. The minimum Gasteiger partial charge on any atom is -0.379 e. The zero-order chi connectivity index (χ0) is 13.8. The largest absolute Gasteiger partial charge is 0.379 e. The van der Waals surface area contributed by atoms with Crippen molar-refractivity contribution in [3.05, 3.63) is 29.8 Å². The molecule has 0 radical (unpaired) electrons. The molecule has 2 aliphatic heterocycles. The van der Waals surface area contributed by atoms with Gasteiger partial charge in [0.25, 0.3) is 0 Å². The Bertz CT molecular complexity index is 447. The number of nitrogens with zero attached hydrogens (tertiary/aromatic N) is 1. The molecule has 0 aliphatic carbocycles. The predicted molar refractivity (Wildman–Crippen MR) is 77.8 cm³/mol. The highest BCUT2D eigenvalue weighted by molar-refractivity contribution is 5.87. The minimum absolute atomic E-state index is 0.0921. The molecular weight excluding hydrogens is 254 g/mol. The first-order chi connectivity index (χ1) is 9.83. The third-order valence-corrected chi connectivity index (χ3v) is 3.92. The van der Waals surface area contributed by atoms with E-state index in [1.165, 1.54) is 5.56 Å². The second-order valence-electron chi connectivity index (χ2n) is 5.30. The molecule has 1 unspecified atom stereocenters. The van der Waals surface area contributed by atoms with Crippen LogP contribution in [0.15, 0.2) is 24.3 Å². The van der Waals surface area contributed by atoms with Gasteiger partial charge >= 0.3 is 0 Å². The Labute approximate surface area is 119 Å². The number of anilines is 1. The maximum absolute atomic E-state index is 12.1. The lowest BCUT2D eigenvalue weighted by molar-refractivity contribution is -0.121. The van der Waals surface area contributed by atoms with Gasteiger partial charge in [-0.05, 0) is 11.6 Å². The average molecular weight is 275 g/mol. The van der Waals surface area contributed by atoms with Gasteiger partial charge in [-0.2, -0.15) is 0 Å². The zero-order valence-corrected chi connectivity index (χ0v) is 11.6. The number of carbonyl (C=O) groups excluding carboxylic acids is 1. The number of amides is 1. The van der Waals surface area contributed by atoms with Crippen molar-refractivity contribution in [2.75, 3.05) is 44.7 Å². The first kappa shape index (κ1) is 13.4. The number of para-hydroxylation sites is 1. The van der Waals surface area contributed by atoms with E-state index in [1.807, 2.05) is 18.2 Å². The van der Waals surface area contributed by atoms with Crippen molar-refractivity contribution in [2.24, 2.45) is 0 Å². The standard InChI is InChI=1S/C15H21N3O2/c19-15(16-5-6-18-7-9-20-10-8-18)14-11-12-3-1-2-4-13(12)17-14/h1-4,14,17H,5-11H2,(H,16,19). The number of morpholine rings is 1. The molecule has 1 fully saturated rings. The molecule has 1 aromatic rings. The van der Waals surface area contributed by atoms with Crippen molar-refractivity contribution in [1.82, 2.24) is 10.2 Å². The van der Waals surface area contributed by atoms with Crippen LogP contribution in [0.5, 0.6) is 0 Å². The average Bonchev–Trinajstić information content (AvgIpc) is 2.92. The molecule has 20 heavy (non-hydrogen) atoms. The lowest BCUT2D eigenvalue weighted by Gasteiger charge is -2.26. The van der Waals surface area contributed by atoms with Crippen LogP contribution in [-0.4, -0.2) is 56.2 Å². The Morgan fingerprint density at radius 3 is 2.95 bits per heavy atom. The highest BCUT2D eigenvalue weighted by Gasteiger charge is 2.25. The fourth-order valence-electron chi connectivity index (χ4n) is 2.74. The van der Waals surface area contributed by atoms with Gasteiger partial charge in [-0.1, -0.05) is 18.2 Å². The molecular formula is C15H21N3O2. The van der Waals surface area contributed by atoms with E-state index in [-0.39, 0.29) is 11.9 Å². The van der Waals surface area contributed by atoms with Crippen LogP contribution in [0.1, 0.15) is 5.56 Å². The number of ether oxygens (including phenoxy) is 1. The number of hydrogen-bond acceptors (Lipinski definition) is 4. The molecule has 3 rings (SSSR count). The summed E-state index contributed by atoms with van der Waals surface area (Å²) in [5.74, 6) is 0.0921. The van der Waals surface area contributed by atoms with Gasteiger partial charge in [0.05, 0.1) is 13.2 Å². The molecule has 1 amide bonds. The Kier molecular flexibility index (Phi) is 4.18. The van der Waals surface area contributed by atoms with Crippen LogP contribution < -0.4 is 10.6 Å². The number of nitrogens with one attached hydrogen (secondary N) is 2. The second-order valence-corrected chi connectivity index (χ2v) is 5.30. The van der Waals surface area contributed by atoms with E-state index >= 15 is 0 Å². The van der Waals surface area contributed by atoms with Crippen LogP contribution in [0.25, 0.3) is 0 Å². The molecule has 108 valence electrons. The number of fused-ring (bicyclic) bond motifs is 1. The molecule has 0 aromatic heterocycles. The summed E-state index contributed by atoms with van der Waals surface area (Å²) in [7, 11) is 0. The van der Waals surface area contributed by atoms with Crippen molar-refractivity contribution >= 4 is 11.6 Å². The fourth-order valence-corrected chi connectivity index (χ4v) is 2.74. The number of hydrogen-bond donors (Lipinski definition) is 2. The van der Waals surface area contributed by atoms with Crippen molar-refractivity contribution in [3.8, 4) is 0 Å². The predicted octanol–water partition coefficient (Wildman–Crippen LogP) is 0.472. The maximum Gasteiger partial charge on any atom is 0.242 e. The summed E-state index contributed by atoms with van der Waals surface area (Å²) in [6.45, 7) is 5.12.